The molecule has 0 spiro atoms. The van der Waals surface area contributed by atoms with Crippen LogP contribution in [-0.4, -0.2) is 46.6 Å². The summed E-state index contributed by atoms with van der Waals surface area (Å²) in [4.78, 5) is 2.25. The quantitative estimate of drug-likeness (QED) is 0.639. The van der Waals surface area contributed by atoms with E-state index in [1.165, 1.54) is 0 Å². The zero-order valence-electron chi connectivity index (χ0n) is 10.5. The monoisotopic (exact) mass is 235 g/mol. The third-order valence-corrected chi connectivity index (χ3v) is 2.36. The Bertz CT molecular complexity index is 334. The van der Waals surface area contributed by atoms with Gasteiger partial charge in [-0.2, -0.15) is 0 Å². The predicted molar refractivity (Wildman–Crippen MR) is 69.6 cm³/mol. The van der Waals surface area contributed by atoms with Crippen LogP contribution >= 0.6 is 0 Å². The van der Waals surface area contributed by atoms with E-state index in [2.05, 4.69) is 33.7 Å². The molecular formula is C12H21N5. The molecule has 0 aromatic carbocycles. The van der Waals surface area contributed by atoms with Crippen LogP contribution in [0.2, 0.25) is 0 Å². The lowest BCUT2D eigenvalue weighted by atomic mass is 10.4. The lowest BCUT2D eigenvalue weighted by Crippen LogP contribution is -2.28. The first kappa shape index (κ1) is 13.6. The topological polar surface area (TPSA) is 46.0 Å². The zero-order valence-corrected chi connectivity index (χ0v) is 10.5. The van der Waals surface area contributed by atoms with Crippen molar-refractivity contribution in [2.24, 2.45) is 0 Å². The van der Waals surface area contributed by atoms with Crippen molar-refractivity contribution >= 4 is 0 Å². The highest BCUT2D eigenvalue weighted by Crippen LogP contribution is 1.95. The summed E-state index contributed by atoms with van der Waals surface area (Å²) in [5.74, 6) is 0. The van der Waals surface area contributed by atoms with Crippen LogP contribution in [0.3, 0.4) is 0 Å². The minimum absolute atomic E-state index is 0.753. The molecule has 1 rings (SSSR count). The van der Waals surface area contributed by atoms with Crippen molar-refractivity contribution < 1.29 is 0 Å². The van der Waals surface area contributed by atoms with Gasteiger partial charge in [0.15, 0.2) is 0 Å². The maximum Gasteiger partial charge on any atom is 0.0964 e. The number of hydrogen-bond acceptors (Lipinski definition) is 4. The molecule has 0 aliphatic carbocycles. The first-order valence-electron chi connectivity index (χ1n) is 5.78. The number of nitrogens with zero attached hydrogens (tertiary/aromatic N) is 4. The Labute approximate surface area is 103 Å². The van der Waals surface area contributed by atoms with Gasteiger partial charge in [-0.25, -0.2) is 0 Å². The molecule has 0 bridgehead atoms. The largest absolute Gasteiger partial charge is 0.314 e. The molecule has 1 aromatic heterocycles. The highest BCUT2D eigenvalue weighted by molar-refractivity contribution is 4.91. The maximum absolute atomic E-state index is 4.08. The summed E-state index contributed by atoms with van der Waals surface area (Å²) in [6.45, 7) is 11.7. The fraction of sp³-hybridized carbons (Fsp3) is 0.500. The third-order valence-electron chi connectivity index (χ3n) is 2.36. The first-order valence-corrected chi connectivity index (χ1v) is 5.78. The fourth-order valence-electron chi connectivity index (χ4n) is 1.58. The molecule has 0 radical (unpaired) electrons. The van der Waals surface area contributed by atoms with Crippen molar-refractivity contribution in [1.82, 2.24) is 25.2 Å². The van der Waals surface area contributed by atoms with Gasteiger partial charge < -0.3 is 5.32 Å². The molecule has 0 saturated heterocycles. The van der Waals surface area contributed by atoms with E-state index < -0.39 is 0 Å². The van der Waals surface area contributed by atoms with Crippen LogP contribution in [0, 0.1) is 0 Å². The minimum Gasteiger partial charge on any atom is -0.314 e. The number of aromatic nitrogens is 3. The second kappa shape index (κ2) is 7.76. The van der Waals surface area contributed by atoms with Gasteiger partial charge in [-0.05, 0) is 7.05 Å². The Balaban J connectivity index is 2.40. The van der Waals surface area contributed by atoms with Crippen LogP contribution in [0.25, 0.3) is 0 Å². The molecule has 0 unspecified atom stereocenters. The molecule has 17 heavy (non-hydrogen) atoms. The van der Waals surface area contributed by atoms with E-state index in [1.54, 1.807) is 0 Å². The lowest BCUT2D eigenvalue weighted by Gasteiger charge is -2.17. The number of nitrogens with one attached hydrogen (secondary N) is 1. The summed E-state index contributed by atoms with van der Waals surface area (Å²) >= 11 is 0. The summed E-state index contributed by atoms with van der Waals surface area (Å²) in [5, 5.41) is 11.2. The van der Waals surface area contributed by atoms with Gasteiger partial charge in [0.25, 0.3) is 0 Å². The molecule has 0 aliphatic heterocycles. The van der Waals surface area contributed by atoms with Gasteiger partial charge in [0.05, 0.1) is 12.2 Å². The molecule has 1 heterocycles. The summed E-state index contributed by atoms with van der Waals surface area (Å²) in [7, 11) is 1.90. The van der Waals surface area contributed by atoms with Gasteiger partial charge in [0, 0.05) is 32.4 Å². The Kier molecular flexibility index (Phi) is 6.21. The predicted octanol–water partition coefficient (Wildman–Crippen LogP) is 0.671. The normalized spacial score (nSPS) is 10.7. The average molecular weight is 235 g/mol. The van der Waals surface area contributed by atoms with Crippen LogP contribution in [-0.2, 0) is 13.1 Å². The number of rotatable bonds is 9. The number of hydrogen-bond donors (Lipinski definition) is 1. The molecular weight excluding hydrogens is 214 g/mol. The van der Waals surface area contributed by atoms with Crippen molar-refractivity contribution in [3.05, 3.63) is 37.2 Å². The van der Waals surface area contributed by atoms with Crippen molar-refractivity contribution in [1.29, 1.82) is 0 Å². The zero-order chi connectivity index (χ0) is 12.5. The van der Waals surface area contributed by atoms with Crippen molar-refractivity contribution in [3.8, 4) is 0 Å². The molecule has 0 atom stereocenters. The van der Waals surface area contributed by atoms with E-state index in [4.69, 9.17) is 0 Å². The first-order chi connectivity index (χ1) is 8.30. The summed E-state index contributed by atoms with van der Waals surface area (Å²) in [6.07, 6.45) is 5.77. The highest BCUT2D eigenvalue weighted by atomic mass is 15.4. The van der Waals surface area contributed by atoms with Crippen molar-refractivity contribution in [2.45, 2.75) is 13.1 Å². The van der Waals surface area contributed by atoms with E-state index in [0.29, 0.717) is 0 Å². The Hall–Kier alpha value is -1.46. The van der Waals surface area contributed by atoms with Gasteiger partial charge in [-0.1, -0.05) is 17.4 Å². The van der Waals surface area contributed by atoms with Crippen LogP contribution in [0.4, 0.5) is 0 Å². The smallest absolute Gasteiger partial charge is 0.0964 e. The van der Waals surface area contributed by atoms with Crippen LogP contribution < -0.4 is 5.32 Å². The Morgan fingerprint density at radius 1 is 1.41 bits per heavy atom. The van der Waals surface area contributed by atoms with Crippen LogP contribution in [0.1, 0.15) is 5.69 Å². The van der Waals surface area contributed by atoms with Gasteiger partial charge in [0.2, 0.25) is 0 Å². The summed E-state index contributed by atoms with van der Waals surface area (Å²) < 4.78 is 1.87. The van der Waals surface area contributed by atoms with E-state index >= 15 is 0 Å². The molecule has 94 valence electrons. The Morgan fingerprint density at radius 3 is 2.71 bits per heavy atom. The van der Waals surface area contributed by atoms with Crippen LogP contribution in [0.5, 0.6) is 0 Å². The summed E-state index contributed by atoms with van der Waals surface area (Å²) in [5.41, 5.74) is 0.964. The molecule has 0 saturated carbocycles. The second-order valence-electron chi connectivity index (χ2n) is 3.84. The third kappa shape index (κ3) is 4.93. The molecule has 1 N–H and O–H groups in total. The van der Waals surface area contributed by atoms with E-state index in [0.717, 1.165) is 38.4 Å². The molecule has 1 aromatic rings. The minimum atomic E-state index is 0.753. The fourth-order valence-corrected chi connectivity index (χ4v) is 1.58. The average Bonchev–Trinajstić information content (AvgIpc) is 2.75. The lowest BCUT2D eigenvalue weighted by molar-refractivity contribution is 0.311. The van der Waals surface area contributed by atoms with E-state index in [9.17, 15) is 0 Å². The highest BCUT2D eigenvalue weighted by Gasteiger charge is 2.03. The summed E-state index contributed by atoms with van der Waals surface area (Å²) in [6, 6.07) is 0. The van der Waals surface area contributed by atoms with E-state index in [1.807, 2.05) is 30.1 Å². The molecule has 5 nitrogen and oxygen atoms in total. The molecule has 0 amide bonds. The molecule has 0 fully saturated rings. The molecule has 0 aliphatic rings. The van der Waals surface area contributed by atoms with Gasteiger partial charge in [-0.15, -0.1) is 18.3 Å². The standard InChI is InChI=1S/C12H21N5/c1-4-6-16(7-5-2)8-9-17-11-12(10-13-3)14-15-17/h4-5,11,13H,1-2,6-10H2,3H3. The maximum atomic E-state index is 4.08. The van der Waals surface area contributed by atoms with E-state index in [-0.39, 0.29) is 0 Å². The SMILES string of the molecule is C=CCN(CC=C)CCn1cc(CNC)nn1. The van der Waals surface area contributed by atoms with Crippen LogP contribution in [0.15, 0.2) is 31.5 Å². The second-order valence-corrected chi connectivity index (χ2v) is 3.84. The van der Waals surface area contributed by atoms with Gasteiger partial charge in [-0.3, -0.25) is 9.58 Å². The van der Waals surface area contributed by atoms with Crippen molar-refractivity contribution in [3.63, 3.8) is 0 Å². The molecule has 5 heteroatoms. The van der Waals surface area contributed by atoms with Gasteiger partial charge in [0.1, 0.15) is 0 Å². The van der Waals surface area contributed by atoms with Crippen molar-refractivity contribution in [2.75, 3.05) is 26.7 Å². The Morgan fingerprint density at radius 2 is 2.12 bits per heavy atom. The van der Waals surface area contributed by atoms with Gasteiger partial charge >= 0.3 is 0 Å².